The second kappa shape index (κ2) is 9.33. The van der Waals surface area contributed by atoms with Crippen LogP contribution in [0.15, 0.2) is 72.1 Å². The van der Waals surface area contributed by atoms with Crippen LogP contribution in [0.4, 0.5) is 17.2 Å². The van der Waals surface area contributed by atoms with Crippen molar-refractivity contribution in [1.29, 1.82) is 5.26 Å². The number of aromatic nitrogens is 4. The number of ether oxygens (including phenoxy) is 1. The summed E-state index contributed by atoms with van der Waals surface area (Å²) in [5.74, 6) is 1.83. The van der Waals surface area contributed by atoms with Gasteiger partial charge in [-0.3, -0.25) is 10.3 Å². The van der Waals surface area contributed by atoms with E-state index in [9.17, 15) is 0 Å². The van der Waals surface area contributed by atoms with Crippen molar-refractivity contribution in [3.63, 3.8) is 0 Å². The van der Waals surface area contributed by atoms with Crippen LogP contribution < -0.4 is 15.5 Å². The third-order valence-corrected chi connectivity index (χ3v) is 5.15. The van der Waals surface area contributed by atoms with Gasteiger partial charge in [0.1, 0.15) is 5.52 Å². The van der Waals surface area contributed by atoms with Crippen LogP contribution in [-0.2, 0) is 4.74 Å². The molecule has 2 N–H and O–H groups in total. The number of nitrogens with zero attached hydrogens (tertiary/aromatic N) is 7. The number of rotatable bonds is 4. The molecule has 0 bridgehead atoms. The molecule has 1 aliphatic heterocycles. The summed E-state index contributed by atoms with van der Waals surface area (Å²) in [4.78, 5) is 15.6. The fourth-order valence-corrected chi connectivity index (χ4v) is 3.58. The van der Waals surface area contributed by atoms with Crippen molar-refractivity contribution in [2.24, 2.45) is 4.99 Å². The maximum absolute atomic E-state index is 9.06. The monoisotopic (exact) mass is 439 g/mol. The van der Waals surface area contributed by atoms with Crippen molar-refractivity contribution in [2.75, 3.05) is 36.5 Å². The number of benzene rings is 1. The number of hydrogen-bond acceptors (Lipinski definition) is 7. The Morgan fingerprint density at radius 2 is 1.94 bits per heavy atom. The average Bonchev–Trinajstić information content (AvgIpc) is 3.34. The number of morpholine rings is 1. The van der Waals surface area contributed by atoms with Crippen molar-refractivity contribution < 1.29 is 4.74 Å². The molecule has 0 atom stereocenters. The molecule has 0 spiro atoms. The van der Waals surface area contributed by atoms with Crippen LogP contribution in [0.1, 0.15) is 0 Å². The summed E-state index contributed by atoms with van der Waals surface area (Å²) < 4.78 is 7.34. The highest BCUT2D eigenvalue weighted by Crippen LogP contribution is 2.26. The van der Waals surface area contributed by atoms with Crippen molar-refractivity contribution in [3.8, 4) is 17.6 Å². The lowest BCUT2D eigenvalue weighted by molar-refractivity contribution is 0.122. The predicted octanol–water partition coefficient (Wildman–Crippen LogP) is 2.80. The normalized spacial score (nSPS) is 14.2. The summed E-state index contributed by atoms with van der Waals surface area (Å²) >= 11 is 0. The van der Waals surface area contributed by atoms with E-state index in [4.69, 9.17) is 15.0 Å². The topological polar surface area (TPSA) is 116 Å². The lowest BCUT2D eigenvalue weighted by atomic mass is 10.2. The fourth-order valence-electron chi connectivity index (χ4n) is 3.58. The summed E-state index contributed by atoms with van der Waals surface area (Å²) in [5, 5.41) is 19.3. The molecule has 164 valence electrons. The number of pyridine rings is 1. The van der Waals surface area contributed by atoms with Gasteiger partial charge in [0.2, 0.25) is 5.96 Å². The van der Waals surface area contributed by atoms with Crippen LogP contribution in [0.2, 0.25) is 0 Å². The zero-order valence-corrected chi connectivity index (χ0v) is 17.7. The first-order chi connectivity index (χ1) is 16.3. The highest BCUT2D eigenvalue weighted by atomic mass is 16.5. The molecular formula is C23H21N9O. The number of anilines is 2. The number of fused-ring (bicyclic) bond motifs is 1. The van der Waals surface area contributed by atoms with Crippen LogP contribution >= 0.6 is 0 Å². The van der Waals surface area contributed by atoms with Gasteiger partial charge in [0.15, 0.2) is 17.8 Å². The Kier molecular flexibility index (Phi) is 5.77. The van der Waals surface area contributed by atoms with Crippen molar-refractivity contribution in [2.45, 2.75) is 0 Å². The van der Waals surface area contributed by atoms with Gasteiger partial charge in [-0.05, 0) is 48.5 Å². The van der Waals surface area contributed by atoms with Crippen LogP contribution in [-0.4, -0.2) is 51.8 Å². The molecule has 0 aliphatic carbocycles. The predicted molar refractivity (Wildman–Crippen MR) is 125 cm³/mol. The van der Waals surface area contributed by atoms with E-state index < -0.39 is 0 Å². The maximum atomic E-state index is 9.06. The number of nitrogens with one attached hydrogen (secondary N) is 2. The molecular weight excluding hydrogens is 418 g/mol. The molecule has 3 aromatic heterocycles. The molecule has 0 amide bonds. The quantitative estimate of drug-likeness (QED) is 0.216. The van der Waals surface area contributed by atoms with E-state index in [1.807, 2.05) is 59.4 Å². The molecule has 1 fully saturated rings. The largest absolute Gasteiger partial charge is 0.378 e. The third kappa shape index (κ3) is 4.58. The van der Waals surface area contributed by atoms with Gasteiger partial charge in [0.05, 0.1) is 30.8 Å². The first-order valence-electron chi connectivity index (χ1n) is 10.5. The molecule has 1 aliphatic rings. The number of aliphatic imine (C=N–C) groups is 1. The van der Waals surface area contributed by atoms with Crippen LogP contribution in [0.3, 0.4) is 0 Å². The van der Waals surface area contributed by atoms with Crippen molar-refractivity contribution in [1.82, 2.24) is 24.9 Å². The molecule has 4 heterocycles. The molecule has 0 saturated carbocycles. The molecule has 1 saturated heterocycles. The second-order valence-corrected chi connectivity index (χ2v) is 7.31. The summed E-state index contributed by atoms with van der Waals surface area (Å²) in [5.41, 5.74) is 3.23. The molecule has 0 unspecified atom stereocenters. The summed E-state index contributed by atoms with van der Waals surface area (Å²) in [7, 11) is 0. The van der Waals surface area contributed by atoms with Gasteiger partial charge in [0, 0.05) is 31.0 Å². The van der Waals surface area contributed by atoms with Gasteiger partial charge in [-0.2, -0.15) is 5.26 Å². The van der Waals surface area contributed by atoms with E-state index in [1.165, 1.54) is 0 Å². The first-order valence-corrected chi connectivity index (χ1v) is 10.5. The lowest BCUT2D eigenvalue weighted by Gasteiger charge is -2.28. The standard InChI is InChI=1S/C23H21N9O/c24-16-26-23(28-19-3-1-9-25-15-19)27-18-7-5-17(6-8-18)21-29-22(31-11-13-33-14-12-31)20-4-2-10-32(20)30-21/h1-10,15H,11-14H2,(H2,26,27,28). The van der Waals surface area contributed by atoms with E-state index >= 15 is 0 Å². The van der Waals surface area contributed by atoms with Gasteiger partial charge in [-0.25, -0.2) is 14.5 Å². The number of nitriles is 1. The van der Waals surface area contributed by atoms with E-state index in [0.717, 1.165) is 35.7 Å². The second-order valence-electron chi connectivity index (χ2n) is 7.31. The van der Waals surface area contributed by atoms with Gasteiger partial charge in [-0.15, -0.1) is 5.10 Å². The zero-order valence-electron chi connectivity index (χ0n) is 17.7. The molecule has 4 aromatic rings. The Morgan fingerprint density at radius 3 is 2.70 bits per heavy atom. The van der Waals surface area contributed by atoms with E-state index in [2.05, 4.69) is 30.6 Å². The minimum Gasteiger partial charge on any atom is -0.378 e. The average molecular weight is 439 g/mol. The van der Waals surface area contributed by atoms with E-state index in [0.29, 0.717) is 30.7 Å². The zero-order chi connectivity index (χ0) is 22.5. The maximum Gasteiger partial charge on any atom is 0.214 e. The Morgan fingerprint density at radius 1 is 1.09 bits per heavy atom. The minimum absolute atomic E-state index is 0.304. The van der Waals surface area contributed by atoms with Crippen molar-refractivity contribution in [3.05, 3.63) is 67.1 Å². The third-order valence-electron chi connectivity index (χ3n) is 5.15. The smallest absolute Gasteiger partial charge is 0.214 e. The van der Waals surface area contributed by atoms with Crippen LogP contribution in [0, 0.1) is 11.5 Å². The Labute approximate surface area is 190 Å². The summed E-state index contributed by atoms with van der Waals surface area (Å²) in [6, 6.07) is 15.2. The van der Waals surface area contributed by atoms with Gasteiger partial charge in [-0.1, -0.05) is 0 Å². The Bertz CT molecular complexity index is 1300. The van der Waals surface area contributed by atoms with Crippen LogP contribution in [0.25, 0.3) is 16.9 Å². The molecule has 33 heavy (non-hydrogen) atoms. The summed E-state index contributed by atoms with van der Waals surface area (Å²) in [6.07, 6.45) is 7.15. The highest BCUT2D eigenvalue weighted by molar-refractivity contribution is 5.96. The first kappa shape index (κ1) is 20.4. The molecule has 0 radical (unpaired) electrons. The van der Waals surface area contributed by atoms with Gasteiger partial charge >= 0.3 is 0 Å². The molecule has 10 nitrogen and oxygen atoms in total. The number of hydrogen-bond donors (Lipinski definition) is 2. The molecule has 10 heteroatoms. The number of guanidine groups is 1. The Balaban J connectivity index is 1.43. The van der Waals surface area contributed by atoms with Crippen molar-refractivity contribution >= 4 is 28.7 Å². The highest BCUT2D eigenvalue weighted by Gasteiger charge is 2.18. The molecule has 5 rings (SSSR count). The van der Waals surface area contributed by atoms with Gasteiger partial charge in [0.25, 0.3) is 0 Å². The van der Waals surface area contributed by atoms with Gasteiger partial charge < -0.3 is 15.0 Å². The minimum atomic E-state index is 0.304. The Hall–Kier alpha value is -4.49. The van der Waals surface area contributed by atoms with Crippen LogP contribution in [0.5, 0.6) is 0 Å². The molecule has 1 aromatic carbocycles. The SMILES string of the molecule is N#CNC(=Nc1ccc(-c2nc(N3CCOCC3)c3cccn3n2)cc1)Nc1cccnc1. The van der Waals surface area contributed by atoms with E-state index in [1.54, 1.807) is 18.5 Å². The van der Waals surface area contributed by atoms with E-state index in [-0.39, 0.29) is 0 Å². The summed E-state index contributed by atoms with van der Waals surface area (Å²) in [6.45, 7) is 2.96. The fraction of sp³-hybridized carbons (Fsp3) is 0.174. The lowest BCUT2D eigenvalue weighted by Crippen LogP contribution is -2.37.